The van der Waals surface area contributed by atoms with Gasteiger partial charge in [-0.25, -0.2) is 8.42 Å². The highest BCUT2D eigenvalue weighted by Gasteiger charge is 2.28. The van der Waals surface area contributed by atoms with Crippen LogP contribution < -0.4 is 14.4 Å². The predicted octanol–water partition coefficient (Wildman–Crippen LogP) is 4.49. The fourth-order valence-electron chi connectivity index (χ4n) is 3.66. The minimum atomic E-state index is -3.64. The maximum atomic E-state index is 13.4. The molecule has 198 valence electrons. The van der Waals surface area contributed by atoms with Gasteiger partial charge in [0.2, 0.25) is 21.8 Å². The molecule has 0 saturated carbocycles. The number of anilines is 1. The van der Waals surface area contributed by atoms with Gasteiger partial charge in [0.05, 0.1) is 19.1 Å². The molecule has 0 bridgehead atoms. The molecule has 11 heteroatoms. The number of nitrogens with one attached hydrogen (secondary N) is 1. The van der Waals surface area contributed by atoms with Crippen molar-refractivity contribution < 1.29 is 22.7 Å². The topological polar surface area (TPSA) is 96.0 Å². The number of sulfonamides is 1. The lowest BCUT2D eigenvalue weighted by atomic mass is 10.1. The normalized spacial score (nSPS) is 12.2. The molecule has 2 rings (SSSR count). The third-order valence-electron chi connectivity index (χ3n) is 5.49. The Morgan fingerprint density at radius 3 is 2.19 bits per heavy atom. The van der Waals surface area contributed by atoms with E-state index in [9.17, 15) is 18.0 Å². The van der Waals surface area contributed by atoms with Gasteiger partial charge in [-0.2, -0.15) is 0 Å². The Morgan fingerprint density at radius 1 is 1.03 bits per heavy atom. The molecule has 0 radical (unpaired) electrons. The molecule has 36 heavy (non-hydrogen) atoms. The zero-order chi connectivity index (χ0) is 27.0. The second kappa shape index (κ2) is 13.2. The highest BCUT2D eigenvalue weighted by molar-refractivity contribution is 7.92. The molecule has 8 nitrogen and oxygen atoms in total. The van der Waals surface area contributed by atoms with E-state index in [-0.39, 0.29) is 43.8 Å². The molecule has 0 aliphatic heterocycles. The summed E-state index contributed by atoms with van der Waals surface area (Å²) in [5, 5.41) is 3.59. The molecule has 0 heterocycles. The van der Waals surface area contributed by atoms with Crippen molar-refractivity contribution in [2.75, 3.05) is 24.2 Å². The van der Waals surface area contributed by atoms with E-state index in [1.54, 1.807) is 49.4 Å². The standard InChI is InChI=1S/C25H33Cl2N3O5S/c1-17(2)28-25(32)18(3)29(16-19-20(26)10-8-11-21(19)27)24(31)14-9-15-30(36(5,33)34)22-12-6-7-13-23(22)35-4/h6-8,10-13,17-18H,9,14-16H2,1-5H3,(H,28,32)/t18-/m1/s1. The van der Waals surface area contributed by atoms with Crippen LogP contribution in [0.5, 0.6) is 5.75 Å². The van der Waals surface area contributed by atoms with Crippen LogP contribution in [0.3, 0.4) is 0 Å². The third-order valence-corrected chi connectivity index (χ3v) is 7.38. The van der Waals surface area contributed by atoms with Crippen molar-refractivity contribution in [3.63, 3.8) is 0 Å². The lowest BCUT2D eigenvalue weighted by Gasteiger charge is -2.30. The number of hydrogen-bond acceptors (Lipinski definition) is 5. The van der Waals surface area contributed by atoms with Gasteiger partial charge in [0.1, 0.15) is 11.8 Å². The van der Waals surface area contributed by atoms with Gasteiger partial charge in [0.15, 0.2) is 0 Å². The minimum Gasteiger partial charge on any atom is -0.495 e. The summed E-state index contributed by atoms with van der Waals surface area (Å²) in [6.45, 7) is 5.39. The Kier molecular flexibility index (Phi) is 10.9. The van der Waals surface area contributed by atoms with Crippen molar-refractivity contribution >= 4 is 50.7 Å². The molecule has 0 saturated heterocycles. The van der Waals surface area contributed by atoms with E-state index in [0.29, 0.717) is 27.0 Å². The van der Waals surface area contributed by atoms with E-state index in [4.69, 9.17) is 27.9 Å². The van der Waals surface area contributed by atoms with Crippen LogP contribution in [-0.4, -0.2) is 57.1 Å². The number of para-hydroxylation sites is 2. The van der Waals surface area contributed by atoms with E-state index in [1.165, 1.54) is 16.3 Å². The van der Waals surface area contributed by atoms with Gasteiger partial charge >= 0.3 is 0 Å². The van der Waals surface area contributed by atoms with Crippen LogP contribution in [0.1, 0.15) is 39.2 Å². The summed E-state index contributed by atoms with van der Waals surface area (Å²) in [4.78, 5) is 27.5. The quantitative estimate of drug-likeness (QED) is 0.414. The molecule has 0 spiro atoms. The summed E-state index contributed by atoms with van der Waals surface area (Å²) >= 11 is 12.7. The number of hydrogen-bond donors (Lipinski definition) is 1. The zero-order valence-electron chi connectivity index (χ0n) is 21.1. The molecule has 0 aliphatic carbocycles. The predicted molar refractivity (Wildman–Crippen MR) is 144 cm³/mol. The third kappa shape index (κ3) is 8.01. The first-order valence-electron chi connectivity index (χ1n) is 11.5. The van der Waals surface area contributed by atoms with Gasteiger partial charge in [0.25, 0.3) is 0 Å². The molecule has 0 aliphatic rings. The lowest BCUT2D eigenvalue weighted by molar-refractivity contribution is -0.140. The number of ether oxygens (including phenoxy) is 1. The number of carbonyl (C=O) groups excluding carboxylic acids is 2. The molecule has 1 atom stereocenters. The monoisotopic (exact) mass is 557 g/mol. The van der Waals surface area contributed by atoms with E-state index in [0.717, 1.165) is 6.26 Å². The Bertz CT molecular complexity index is 1150. The SMILES string of the molecule is COc1ccccc1N(CCCC(=O)N(Cc1c(Cl)cccc1Cl)[C@H](C)C(=O)NC(C)C)S(C)(=O)=O. The summed E-state index contributed by atoms with van der Waals surface area (Å²) < 4.78 is 31.6. The van der Waals surface area contributed by atoms with Crippen LogP contribution >= 0.6 is 23.2 Å². The summed E-state index contributed by atoms with van der Waals surface area (Å²) in [5.74, 6) is -0.234. The molecular formula is C25H33Cl2N3O5S. The minimum absolute atomic E-state index is 0.00252. The Labute approximate surface area is 223 Å². The number of nitrogens with zero attached hydrogens (tertiary/aromatic N) is 2. The molecule has 2 aromatic rings. The zero-order valence-corrected chi connectivity index (χ0v) is 23.5. The van der Waals surface area contributed by atoms with Gasteiger partial charge in [-0.3, -0.25) is 13.9 Å². The van der Waals surface area contributed by atoms with Gasteiger partial charge < -0.3 is 15.0 Å². The summed E-state index contributed by atoms with van der Waals surface area (Å²) in [5.41, 5.74) is 0.921. The number of amides is 2. The molecule has 0 unspecified atom stereocenters. The lowest BCUT2D eigenvalue weighted by Crippen LogP contribution is -2.49. The van der Waals surface area contributed by atoms with Crippen LogP contribution in [0.25, 0.3) is 0 Å². The highest BCUT2D eigenvalue weighted by atomic mass is 35.5. The van der Waals surface area contributed by atoms with Crippen molar-refractivity contribution in [1.29, 1.82) is 0 Å². The van der Waals surface area contributed by atoms with Crippen molar-refractivity contribution in [3.05, 3.63) is 58.1 Å². The first kappa shape index (κ1) is 29.7. The number of halogens is 2. The number of carbonyl (C=O) groups is 2. The van der Waals surface area contributed by atoms with E-state index >= 15 is 0 Å². The highest BCUT2D eigenvalue weighted by Crippen LogP contribution is 2.30. The molecule has 2 aromatic carbocycles. The Morgan fingerprint density at radius 2 is 1.64 bits per heavy atom. The fraction of sp³-hybridized carbons (Fsp3) is 0.440. The smallest absolute Gasteiger partial charge is 0.242 e. The van der Waals surface area contributed by atoms with Gasteiger partial charge in [-0.15, -0.1) is 0 Å². The molecule has 1 N–H and O–H groups in total. The Balaban J connectivity index is 2.25. The van der Waals surface area contributed by atoms with Gasteiger partial charge in [0, 0.05) is 41.2 Å². The second-order valence-corrected chi connectivity index (χ2v) is 11.4. The van der Waals surface area contributed by atoms with Crippen LogP contribution in [0.4, 0.5) is 5.69 Å². The van der Waals surface area contributed by atoms with Crippen molar-refractivity contribution in [2.24, 2.45) is 0 Å². The fourth-order valence-corrected chi connectivity index (χ4v) is 5.15. The van der Waals surface area contributed by atoms with E-state index in [2.05, 4.69) is 5.32 Å². The second-order valence-electron chi connectivity index (χ2n) is 8.67. The largest absolute Gasteiger partial charge is 0.495 e. The summed E-state index contributed by atoms with van der Waals surface area (Å²) in [6, 6.07) is 10.9. The first-order valence-corrected chi connectivity index (χ1v) is 14.1. The maximum Gasteiger partial charge on any atom is 0.242 e. The van der Waals surface area contributed by atoms with Crippen LogP contribution in [0, 0.1) is 0 Å². The Hall–Kier alpha value is -2.49. The first-order chi connectivity index (χ1) is 16.9. The van der Waals surface area contributed by atoms with Crippen molar-refractivity contribution in [3.8, 4) is 5.75 Å². The molecule has 0 aromatic heterocycles. The average molecular weight is 559 g/mol. The van der Waals surface area contributed by atoms with E-state index in [1.807, 2.05) is 13.8 Å². The number of rotatable bonds is 12. The average Bonchev–Trinajstić information content (AvgIpc) is 2.80. The van der Waals surface area contributed by atoms with Crippen molar-refractivity contribution in [1.82, 2.24) is 10.2 Å². The molecular weight excluding hydrogens is 525 g/mol. The summed E-state index contributed by atoms with van der Waals surface area (Å²) in [6.07, 6.45) is 1.32. The number of methoxy groups -OCH3 is 1. The number of benzene rings is 2. The maximum absolute atomic E-state index is 13.4. The van der Waals surface area contributed by atoms with Crippen LogP contribution in [-0.2, 0) is 26.2 Å². The van der Waals surface area contributed by atoms with Gasteiger partial charge in [-0.1, -0.05) is 41.4 Å². The van der Waals surface area contributed by atoms with Crippen molar-refractivity contribution in [2.45, 2.75) is 52.2 Å². The van der Waals surface area contributed by atoms with E-state index < -0.39 is 16.1 Å². The molecule has 0 fully saturated rings. The van der Waals surface area contributed by atoms with Gasteiger partial charge in [-0.05, 0) is 51.5 Å². The van der Waals surface area contributed by atoms with Crippen LogP contribution in [0.2, 0.25) is 10.0 Å². The molecule has 2 amide bonds. The van der Waals surface area contributed by atoms with Crippen LogP contribution in [0.15, 0.2) is 42.5 Å². The summed E-state index contributed by atoms with van der Waals surface area (Å²) in [7, 11) is -2.18.